The van der Waals surface area contributed by atoms with Gasteiger partial charge in [-0.15, -0.1) is 0 Å². The Bertz CT molecular complexity index is 336. The zero-order valence-electron chi connectivity index (χ0n) is 11.1. The number of aliphatic hydroxyl groups is 1. The Balaban J connectivity index is 2.22. The van der Waals surface area contributed by atoms with E-state index < -0.39 is 17.0 Å². The number of aliphatic carboxylic acids is 1. The molecule has 0 saturated heterocycles. The largest absolute Gasteiger partial charge is 0.481 e. The van der Waals surface area contributed by atoms with E-state index in [4.69, 9.17) is 0 Å². The van der Waals surface area contributed by atoms with Crippen LogP contribution in [0.4, 0.5) is 0 Å². The summed E-state index contributed by atoms with van der Waals surface area (Å²) in [5, 5.41) is 20.3. The smallest absolute Gasteiger partial charge is 0.312 e. The zero-order chi connectivity index (χ0) is 12.9. The molecular weight excluding hydrogens is 216 g/mol. The van der Waals surface area contributed by atoms with Crippen molar-refractivity contribution in [1.82, 2.24) is 0 Å². The van der Waals surface area contributed by atoms with Gasteiger partial charge in [-0.2, -0.15) is 0 Å². The third-order valence-electron chi connectivity index (χ3n) is 5.18. The fourth-order valence-corrected chi connectivity index (χ4v) is 3.67. The van der Waals surface area contributed by atoms with Crippen LogP contribution < -0.4 is 0 Å². The molecule has 3 nitrogen and oxygen atoms in total. The molecule has 2 aliphatic rings. The Labute approximate surface area is 103 Å². The first kappa shape index (κ1) is 12.9. The predicted octanol–water partition coefficient (Wildman–Crippen LogP) is 2.82. The van der Waals surface area contributed by atoms with Crippen molar-refractivity contribution >= 4 is 5.97 Å². The average Bonchev–Trinajstić information content (AvgIpc) is 2.90. The monoisotopic (exact) mass is 240 g/mol. The first-order valence-corrected chi connectivity index (χ1v) is 6.69. The normalized spacial score (nSPS) is 45.1. The predicted molar refractivity (Wildman–Crippen MR) is 65.7 cm³/mol. The highest BCUT2D eigenvalue weighted by Crippen LogP contribution is 2.63. The average molecular weight is 240 g/mol. The number of carboxylic acids is 1. The molecule has 3 atom stereocenters. The minimum absolute atomic E-state index is 0.117. The van der Waals surface area contributed by atoms with Crippen LogP contribution in [0.25, 0.3) is 0 Å². The van der Waals surface area contributed by atoms with Crippen molar-refractivity contribution < 1.29 is 15.0 Å². The number of hydrogen-bond acceptors (Lipinski definition) is 2. The quantitative estimate of drug-likeness (QED) is 0.730. The van der Waals surface area contributed by atoms with Gasteiger partial charge in [-0.3, -0.25) is 4.79 Å². The molecule has 17 heavy (non-hydrogen) atoms. The van der Waals surface area contributed by atoms with Gasteiger partial charge in [0.25, 0.3) is 0 Å². The van der Waals surface area contributed by atoms with Crippen LogP contribution >= 0.6 is 0 Å². The molecule has 2 N–H and O–H groups in total. The van der Waals surface area contributed by atoms with Gasteiger partial charge >= 0.3 is 5.97 Å². The summed E-state index contributed by atoms with van der Waals surface area (Å²) in [5.41, 5.74) is -1.60. The molecule has 98 valence electrons. The maximum atomic E-state index is 11.5. The van der Waals surface area contributed by atoms with E-state index in [9.17, 15) is 15.0 Å². The summed E-state index contributed by atoms with van der Waals surface area (Å²) in [4.78, 5) is 11.5. The molecule has 0 aliphatic heterocycles. The Kier molecular flexibility index (Phi) is 2.81. The second-order valence-corrected chi connectivity index (χ2v) is 6.93. The topological polar surface area (TPSA) is 57.5 Å². The van der Waals surface area contributed by atoms with Crippen LogP contribution in [0.15, 0.2) is 0 Å². The summed E-state index contributed by atoms with van der Waals surface area (Å²) in [5.74, 6) is -0.682. The molecule has 0 heterocycles. The van der Waals surface area contributed by atoms with Crippen molar-refractivity contribution in [3.8, 4) is 0 Å². The van der Waals surface area contributed by atoms with Crippen LogP contribution in [0.3, 0.4) is 0 Å². The van der Waals surface area contributed by atoms with Gasteiger partial charge in [-0.05, 0) is 43.4 Å². The Morgan fingerprint density at radius 1 is 1.18 bits per heavy atom. The highest BCUT2D eigenvalue weighted by Gasteiger charge is 2.69. The van der Waals surface area contributed by atoms with E-state index in [0.717, 1.165) is 19.3 Å². The maximum Gasteiger partial charge on any atom is 0.312 e. The van der Waals surface area contributed by atoms with Gasteiger partial charge in [-0.1, -0.05) is 27.2 Å². The SMILES string of the molecule is CC1CC1(C(=O)O)C1(O)CCCC(C)(C)CC1. The molecule has 0 aromatic rings. The van der Waals surface area contributed by atoms with Crippen molar-refractivity contribution in [2.24, 2.45) is 16.7 Å². The van der Waals surface area contributed by atoms with Crippen LogP contribution in [-0.4, -0.2) is 21.8 Å². The fraction of sp³-hybridized carbons (Fsp3) is 0.929. The highest BCUT2D eigenvalue weighted by molar-refractivity contribution is 5.80. The van der Waals surface area contributed by atoms with Crippen molar-refractivity contribution in [2.45, 2.75) is 64.9 Å². The third-order valence-corrected chi connectivity index (χ3v) is 5.18. The van der Waals surface area contributed by atoms with Crippen LogP contribution in [0.5, 0.6) is 0 Å². The van der Waals surface area contributed by atoms with E-state index in [2.05, 4.69) is 13.8 Å². The van der Waals surface area contributed by atoms with Gasteiger partial charge in [0.15, 0.2) is 0 Å². The number of carboxylic acid groups (broad SMARTS) is 1. The molecule has 3 heteroatoms. The lowest BCUT2D eigenvalue weighted by molar-refractivity contribution is -0.159. The lowest BCUT2D eigenvalue weighted by Gasteiger charge is -2.34. The summed E-state index contributed by atoms with van der Waals surface area (Å²) in [6.07, 6.45) is 4.86. The van der Waals surface area contributed by atoms with E-state index in [1.165, 1.54) is 0 Å². The molecule has 2 aliphatic carbocycles. The number of hydrogen-bond donors (Lipinski definition) is 2. The minimum Gasteiger partial charge on any atom is -0.481 e. The minimum atomic E-state index is -0.980. The third kappa shape index (κ3) is 1.88. The first-order chi connectivity index (χ1) is 7.74. The van der Waals surface area contributed by atoms with Crippen molar-refractivity contribution in [2.75, 3.05) is 0 Å². The van der Waals surface area contributed by atoms with E-state index in [1.54, 1.807) is 0 Å². The van der Waals surface area contributed by atoms with Gasteiger partial charge in [0.1, 0.15) is 0 Å². The van der Waals surface area contributed by atoms with Gasteiger partial charge in [0, 0.05) is 0 Å². The van der Waals surface area contributed by atoms with E-state index >= 15 is 0 Å². The standard InChI is InChI=1S/C14H24O3/c1-10-9-14(10,11(15)16)13(17)6-4-5-12(2,3)7-8-13/h10,17H,4-9H2,1-3H3,(H,15,16). The molecule has 0 spiro atoms. The van der Waals surface area contributed by atoms with Crippen molar-refractivity contribution in [1.29, 1.82) is 0 Å². The number of rotatable bonds is 2. The summed E-state index contributed by atoms with van der Waals surface area (Å²) in [6, 6.07) is 0. The second-order valence-electron chi connectivity index (χ2n) is 6.93. The first-order valence-electron chi connectivity index (χ1n) is 6.69. The molecular formula is C14H24O3. The second kappa shape index (κ2) is 3.71. The van der Waals surface area contributed by atoms with Crippen molar-refractivity contribution in [3.05, 3.63) is 0 Å². The van der Waals surface area contributed by atoms with Crippen LogP contribution in [-0.2, 0) is 4.79 Å². The molecule has 2 rings (SSSR count). The maximum absolute atomic E-state index is 11.5. The molecule has 0 radical (unpaired) electrons. The summed E-state index contributed by atoms with van der Waals surface area (Å²) in [7, 11) is 0. The van der Waals surface area contributed by atoms with Crippen LogP contribution in [0.2, 0.25) is 0 Å². The molecule has 0 aromatic carbocycles. The lowest BCUT2D eigenvalue weighted by atomic mass is 9.76. The van der Waals surface area contributed by atoms with Gasteiger partial charge < -0.3 is 10.2 Å². The zero-order valence-corrected chi connectivity index (χ0v) is 11.1. The lowest BCUT2D eigenvalue weighted by Crippen LogP contribution is -2.45. The number of carbonyl (C=O) groups is 1. The molecule has 0 amide bonds. The molecule has 3 unspecified atom stereocenters. The van der Waals surface area contributed by atoms with E-state index in [-0.39, 0.29) is 11.3 Å². The Morgan fingerprint density at radius 2 is 1.76 bits per heavy atom. The van der Waals surface area contributed by atoms with Gasteiger partial charge in [0.2, 0.25) is 0 Å². The van der Waals surface area contributed by atoms with Gasteiger partial charge in [-0.25, -0.2) is 0 Å². The molecule has 0 bridgehead atoms. The Hall–Kier alpha value is -0.570. The molecule has 2 saturated carbocycles. The summed E-state index contributed by atoms with van der Waals surface area (Å²) in [6.45, 7) is 6.37. The Morgan fingerprint density at radius 3 is 2.24 bits per heavy atom. The van der Waals surface area contributed by atoms with Crippen molar-refractivity contribution in [3.63, 3.8) is 0 Å². The molecule has 2 fully saturated rings. The van der Waals surface area contributed by atoms with Crippen LogP contribution in [0, 0.1) is 16.7 Å². The van der Waals surface area contributed by atoms with E-state index in [1.807, 2.05) is 6.92 Å². The highest BCUT2D eigenvalue weighted by atomic mass is 16.4. The fourth-order valence-electron chi connectivity index (χ4n) is 3.67. The summed E-state index contributed by atoms with van der Waals surface area (Å²) >= 11 is 0. The molecule has 0 aromatic heterocycles. The van der Waals surface area contributed by atoms with E-state index in [0.29, 0.717) is 19.3 Å². The van der Waals surface area contributed by atoms with Crippen LogP contribution in [0.1, 0.15) is 59.3 Å². The summed E-state index contributed by atoms with van der Waals surface area (Å²) < 4.78 is 0. The van der Waals surface area contributed by atoms with Gasteiger partial charge in [0.05, 0.1) is 11.0 Å².